The zero-order valence-electron chi connectivity index (χ0n) is 13.7. The van der Waals surface area contributed by atoms with Crippen LogP contribution in [-0.2, 0) is 14.8 Å². The van der Waals surface area contributed by atoms with Crippen molar-refractivity contribution in [1.29, 1.82) is 0 Å². The van der Waals surface area contributed by atoms with E-state index in [-0.39, 0.29) is 10.6 Å². The summed E-state index contributed by atoms with van der Waals surface area (Å²) >= 11 is 0. The third-order valence-corrected chi connectivity index (χ3v) is 5.68. The molecule has 1 aromatic carbocycles. The molecule has 0 atom stereocenters. The number of benzene rings is 1. The lowest BCUT2D eigenvalue weighted by atomic mass is 9.97. The van der Waals surface area contributed by atoms with Gasteiger partial charge in [0.05, 0.1) is 16.4 Å². The van der Waals surface area contributed by atoms with Gasteiger partial charge in [-0.1, -0.05) is 0 Å². The van der Waals surface area contributed by atoms with E-state index in [0.29, 0.717) is 19.1 Å². The fraction of sp³-hybridized carbons (Fsp3) is 0.600. The molecule has 2 rings (SSSR count). The molecule has 1 fully saturated rings. The third-order valence-electron chi connectivity index (χ3n) is 4.24. The molecule has 1 N–H and O–H groups in total. The highest BCUT2D eigenvalue weighted by Crippen LogP contribution is 2.19. The Morgan fingerprint density at radius 1 is 1.29 bits per heavy atom. The van der Waals surface area contributed by atoms with Crippen LogP contribution >= 0.6 is 0 Å². The third kappa shape index (κ3) is 5.23. The minimum Gasteiger partial charge on any atom is -0.383 e. The summed E-state index contributed by atoms with van der Waals surface area (Å²) in [7, 11) is -1.96. The van der Waals surface area contributed by atoms with Crippen molar-refractivity contribution >= 4 is 15.7 Å². The van der Waals surface area contributed by atoms with Crippen LogP contribution in [0.1, 0.15) is 12.8 Å². The predicted molar refractivity (Wildman–Crippen MR) is 89.3 cm³/mol. The summed E-state index contributed by atoms with van der Waals surface area (Å²) < 4.78 is 32.2. The fourth-order valence-electron chi connectivity index (χ4n) is 2.69. The molecule has 0 aliphatic carbocycles. The lowest BCUT2D eigenvalue weighted by Gasteiger charge is -2.31. The van der Waals surface area contributed by atoms with Crippen LogP contribution in [0.15, 0.2) is 29.2 Å². The van der Waals surface area contributed by atoms with Crippen LogP contribution in [0.5, 0.6) is 0 Å². The van der Waals surface area contributed by atoms with Crippen LogP contribution in [0, 0.1) is 16.0 Å². The molecule has 1 aliphatic rings. The number of likely N-dealkylation sites (tertiary alicyclic amines) is 1. The van der Waals surface area contributed by atoms with Crippen molar-refractivity contribution < 1.29 is 18.1 Å². The minimum absolute atomic E-state index is 0.0469. The van der Waals surface area contributed by atoms with Crippen LogP contribution in [0.4, 0.5) is 5.69 Å². The second kappa shape index (κ2) is 8.52. The van der Waals surface area contributed by atoms with Crippen molar-refractivity contribution in [3.8, 4) is 0 Å². The first-order valence-electron chi connectivity index (χ1n) is 7.88. The van der Waals surface area contributed by atoms with Crippen molar-refractivity contribution in [3.05, 3.63) is 34.4 Å². The van der Waals surface area contributed by atoms with Gasteiger partial charge in [-0.05, 0) is 44.0 Å². The molecule has 134 valence electrons. The highest BCUT2D eigenvalue weighted by Gasteiger charge is 2.22. The van der Waals surface area contributed by atoms with Gasteiger partial charge in [0.2, 0.25) is 10.0 Å². The molecular weight excluding hydrogens is 334 g/mol. The SMILES string of the molecule is COCCN1CCC(CNS(=O)(=O)c2ccc([N+](=O)[O-])cc2)CC1. The number of hydrogen-bond acceptors (Lipinski definition) is 6. The number of rotatable bonds is 8. The number of nitrogens with zero attached hydrogens (tertiary/aromatic N) is 2. The molecule has 8 nitrogen and oxygen atoms in total. The highest BCUT2D eigenvalue weighted by molar-refractivity contribution is 7.89. The summed E-state index contributed by atoms with van der Waals surface area (Å²) in [4.78, 5) is 12.4. The van der Waals surface area contributed by atoms with Crippen LogP contribution in [0.3, 0.4) is 0 Å². The highest BCUT2D eigenvalue weighted by atomic mass is 32.2. The van der Waals surface area contributed by atoms with E-state index in [1.54, 1.807) is 7.11 Å². The van der Waals surface area contributed by atoms with Gasteiger partial charge in [0.1, 0.15) is 0 Å². The molecule has 1 saturated heterocycles. The van der Waals surface area contributed by atoms with E-state index in [1.165, 1.54) is 24.3 Å². The molecule has 1 heterocycles. The summed E-state index contributed by atoms with van der Waals surface area (Å²) in [6, 6.07) is 4.91. The first kappa shape index (κ1) is 18.8. The maximum Gasteiger partial charge on any atom is 0.269 e. The van der Waals surface area contributed by atoms with Crippen molar-refractivity contribution in [3.63, 3.8) is 0 Å². The normalized spacial score (nSPS) is 17.0. The van der Waals surface area contributed by atoms with Gasteiger partial charge >= 0.3 is 0 Å². The quantitative estimate of drug-likeness (QED) is 0.555. The van der Waals surface area contributed by atoms with E-state index in [0.717, 1.165) is 32.5 Å². The number of ether oxygens (including phenoxy) is 1. The lowest BCUT2D eigenvalue weighted by molar-refractivity contribution is -0.384. The maximum absolute atomic E-state index is 12.3. The van der Waals surface area contributed by atoms with Crippen LogP contribution in [0.2, 0.25) is 0 Å². The monoisotopic (exact) mass is 357 g/mol. The van der Waals surface area contributed by atoms with E-state index in [2.05, 4.69) is 9.62 Å². The number of nitro groups is 1. The van der Waals surface area contributed by atoms with Crippen molar-refractivity contribution in [2.24, 2.45) is 5.92 Å². The molecular formula is C15H23N3O5S. The molecule has 9 heteroatoms. The van der Waals surface area contributed by atoms with Gasteiger partial charge in [0.15, 0.2) is 0 Å². The molecule has 0 saturated carbocycles. The zero-order chi connectivity index (χ0) is 17.6. The van der Waals surface area contributed by atoms with Gasteiger partial charge in [-0.2, -0.15) is 0 Å². The van der Waals surface area contributed by atoms with Gasteiger partial charge in [0.25, 0.3) is 5.69 Å². The predicted octanol–water partition coefficient (Wildman–Crippen LogP) is 1.23. The Morgan fingerprint density at radius 2 is 1.92 bits per heavy atom. The van der Waals surface area contributed by atoms with Gasteiger partial charge < -0.3 is 9.64 Å². The van der Waals surface area contributed by atoms with E-state index < -0.39 is 14.9 Å². The molecule has 0 unspecified atom stereocenters. The molecule has 1 aromatic rings. The van der Waals surface area contributed by atoms with Crippen molar-refractivity contribution in [2.45, 2.75) is 17.7 Å². The largest absolute Gasteiger partial charge is 0.383 e. The summed E-state index contributed by atoms with van der Waals surface area (Å²) in [5.74, 6) is 0.302. The molecule has 0 radical (unpaired) electrons. The Bertz CT molecular complexity index is 640. The average Bonchev–Trinajstić information content (AvgIpc) is 2.59. The first-order chi connectivity index (χ1) is 11.4. The molecule has 0 bridgehead atoms. The van der Waals surface area contributed by atoms with Crippen LogP contribution < -0.4 is 4.72 Å². The van der Waals surface area contributed by atoms with E-state index in [4.69, 9.17) is 4.74 Å². The van der Waals surface area contributed by atoms with Gasteiger partial charge in [-0.25, -0.2) is 13.1 Å². The van der Waals surface area contributed by atoms with Crippen LogP contribution in [0.25, 0.3) is 0 Å². The number of methoxy groups -OCH3 is 1. The summed E-state index contributed by atoms with van der Waals surface area (Å²) in [5, 5.41) is 10.6. The standard InChI is InChI=1S/C15H23N3O5S/c1-23-11-10-17-8-6-13(7-9-17)12-16-24(21,22)15-4-2-14(3-5-15)18(19)20/h2-5,13,16H,6-12H2,1H3. The number of non-ortho nitro benzene ring substituents is 1. The number of nitro benzene ring substituents is 1. The van der Waals surface area contributed by atoms with E-state index in [9.17, 15) is 18.5 Å². The Hall–Kier alpha value is -1.55. The number of piperidine rings is 1. The minimum atomic E-state index is -3.64. The summed E-state index contributed by atoms with van der Waals surface area (Å²) in [6.07, 6.45) is 1.87. The fourth-order valence-corrected chi connectivity index (χ4v) is 3.81. The van der Waals surface area contributed by atoms with E-state index >= 15 is 0 Å². The first-order valence-corrected chi connectivity index (χ1v) is 9.36. The number of nitrogens with one attached hydrogen (secondary N) is 1. The van der Waals surface area contributed by atoms with E-state index in [1.807, 2.05) is 0 Å². The maximum atomic E-state index is 12.3. The summed E-state index contributed by atoms with van der Waals surface area (Å²) in [6.45, 7) is 3.87. The van der Waals surface area contributed by atoms with Crippen LogP contribution in [-0.4, -0.2) is 58.1 Å². The number of sulfonamides is 1. The second-order valence-electron chi connectivity index (χ2n) is 5.88. The van der Waals surface area contributed by atoms with Gasteiger partial charge in [0, 0.05) is 32.3 Å². The molecule has 0 aromatic heterocycles. The topological polar surface area (TPSA) is 102 Å². The molecule has 24 heavy (non-hydrogen) atoms. The average molecular weight is 357 g/mol. The lowest BCUT2D eigenvalue weighted by Crippen LogP contribution is -2.39. The smallest absolute Gasteiger partial charge is 0.269 e. The Balaban J connectivity index is 1.84. The van der Waals surface area contributed by atoms with Gasteiger partial charge in [-0.3, -0.25) is 10.1 Å². The second-order valence-corrected chi connectivity index (χ2v) is 7.65. The van der Waals surface area contributed by atoms with Crippen molar-refractivity contribution in [2.75, 3.05) is 39.9 Å². The Labute approximate surface area is 142 Å². The van der Waals surface area contributed by atoms with Crippen molar-refractivity contribution in [1.82, 2.24) is 9.62 Å². The Kier molecular flexibility index (Phi) is 6.67. The molecule has 0 amide bonds. The zero-order valence-corrected chi connectivity index (χ0v) is 14.5. The number of hydrogen-bond donors (Lipinski definition) is 1. The Morgan fingerprint density at radius 3 is 2.46 bits per heavy atom. The molecule has 0 spiro atoms. The molecule has 1 aliphatic heterocycles. The summed E-state index contributed by atoms with van der Waals surface area (Å²) in [5.41, 5.74) is -0.127. The van der Waals surface area contributed by atoms with Gasteiger partial charge in [-0.15, -0.1) is 0 Å².